The maximum Gasteiger partial charge on any atom is 0.411 e. The zero-order valence-electron chi connectivity index (χ0n) is 44.3. The zero-order chi connectivity index (χ0) is 59.6. The molecule has 0 radical (unpaired) electrons. The molecule has 0 N–H and O–H groups in total. The van der Waals surface area contributed by atoms with Crippen molar-refractivity contribution < 1.29 is 77.8 Å². The number of benzene rings is 3. The number of Topliss-reactive ketones (excluding diaryl/α,β-unsaturated/α-hetero) is 6. The molecule has 3 aliphatic carbocycles. The van der Waals surface area contributed by atoms with Crippen LogP contribution in [0.2, 0.25) is 15.1 Å². The minimum Gasteiger partial charge on any atom is -0.376 e. The van der Waals surface area contributed by atoms with Crippen molar-refractivity contribution in [3.05, 3.63) is 96.3 Å². The SMILES string of the molecule is CCN(C(=O)n1nnn(-c2ccccc2Cl)c1=O)C1CCCCC1.CS(=O)(=O)c1ccc(C(=O)C2C(=O)CCCC2=O)c(Cl)c1COCC(F)(F)F.CS(=O)(=O)c1ccc(C(=O)C2C(=O)CCCC2=O)c(Cl)c1COCC1CCCO1. The highest BCUT2D eigenvalue weighted by molar-refractivity contribution is 7.91. The summed E-state index contributed by atoms with van der Waals surface area (Å²) in [6.45, 7) is 0.784. The number of carbonyl (C=O) groups excluding carboxylic acids is 7. The minimum absolute atomic E-state index is 0.0385. The quantitative estimate of drug-likeness (QED) is 0.0580. The van der Waals surface area contributed by atoms with Crippen LogP contribution in [0.25, 0.3) is 5.69 Å². The standard InChI is InChI=1S/C20H23ClO7S.C17H16ClF3O6S.C16H20ClN5O2/c1-29(25,26)17-8-7-13(20(24)18-15(22)5-2-6-16(18)23)19(21)14(17)11-27-10-12-4-3-9-28-12;1-28(25,26)13-6-5-9(15(18)10(13)7-27-8-17(19,20)21)16(24)14-11(22)3-2-4-12(14)23;1-2-20(12-8-4-3-5-9-12)15(23)22-16(24)21(18-19-22)14-11-7-6-10-13(14)17/h7-8,12,18H,2-6,9-11H2,1H3;5-6,14H,2-4,7-8H2,1H3;6-7,10-12H,2-5,8-9H2,1H3. The molecule has 0 spiro atoms. The molecule has 4 aliphatic rings. The predicted molar refractivity (Wildman–Crippen MR) is 288 cm³/mol. The van der Waals surface area contributed by atoms with Gasteiger partial charge in [-0.25, -0.2) is 26.4 Å². The molecule has 1 unspecified atom stereocenters. The Morgan fingerprint density at radius 1 is 0.679 bits per heavy atom. The molecule has 4 fully saturated rings. The highest BCUT2D eigenvalue weighted by atomic mass is 35.5. The van der Waals surface area contributed by atoms with Crippen molar-refractivity contribution in [1.82, 2.24) is 24.7 Å². The fourth-order valence-electron chi connectivity index (χ4n) is 9.80. The first-order chi connectivity index (χ1) is 38.2. The molecule has 1 aliphatic heterocycles. The number of halogens is 6. The Kier molecular flexibility index (Phi) is 22.5. The third-order valence-electron chi connectivity index (χ3n) is 13.8. The van der Waals surface area contributed by atoms with Crippen molar-refractivity contribution >= 4 is 95.2 Å². The van der Waals surface area contributed by atoms with Crippen molar-refractivity contribution in [2.75, 3.05) is 38.9 Å². The molecule has 20 nitrogen and oxygen atoms in total. The van der Waals surface area contributed by atoms with Gasteiger partial charge in [-0.05, 0) is 92.3 Å². The van der Waals surface area contributed by atoms with Crippen LogP contribution in [0.15, 0.2) is 63.1 Å². The third-order valence-corrected chi connectivity index (χ3v) is 17.3. The van der Waals surface area contributed by atoms with Crippen molar-refractivity contribution in [2.24, 2.45) is 11.8 Å². The highest BCUT2D eigenvalue weighted by Crippen LogP contribution is 2.35. The summed E-state index contributed by atoms with van der Waals surface area (Å²) in [6, 6.07) is 11.1. The molecule has 3 aromatic carbocycles. The number of amides is 1. The van der Waals surface area contributed by atoms with Crippen LogP contribution >= 0.6 is 34.8 Å². The molecule has 2 heterocycles. The number of ketones is 6. The summed E-state index contributed by atoms with van der Waals surface area (Å²) in [5.41, 5.74) is -0.744. The molecular formula is C53H59Cl3F3N5O15S2. The number of ether oxygens (including phenoxy) is 3. The first-order valence-corrected chi connectivity index (χ1v) is 30.7. The van der Waals surface area contributed by atoms with Gasteiger partial charge >= 0.3 is 17.9 Å². The summed E-state index contributed by atoms with van der Waals surface area (Å²) in [7, 11) is -7.54. The van der Waals surface area contributed by atoms with Crippen LogP contribution in [0.5, 0.6) is 0 Å². The molecular weight excluding hydrogens is 1170 g/mol. The van der Waals surface area contributed by atoms with E-state index >= 15 is 0 Å². The molecule has 1 amide bonds. The Bertz CT molecular complexity index is 3310. The van der Waals surface area contributed by atoms with E-state index in [1.54, 1.807) is 29.2 Å². The molecule has 81 heavy (non-hydrogen) atoms. The second-order valence-corrected chi connectivity index (χ2v) is 24.8. The predicted octanol–water partition coefficient (Wildman–Crippen LogP) is 8.21. The smallest absolute Gasteiger partial charge is 0.376 e. The number of sulfone groups is 2. The molecule has 0 bridgehead atoms. The van der Waals surface area contributed by atoms with Crippen molar-refractivity contribution in [1.29, 1.82) is 0 Å². The number of aromatic nitrogens is 4. The van der Waals surface area contributed by atoms with E-state index in [1.807, 2.05) is 6.92 Å². The number of para-hydroxylation sites is 1. The van der Waals surface area contributed by atoms with E-state index in [9.17, 15) is 68.4 Å². The number of hydrogen-bond donors (Lipinski definition) is 0. The first-order valence-electron chi connectivity index (χ1n) is 25.8. The van der Waals surface area contributed by atoms with Crippen LogP contribution in [-0.2, 0) is 66.3 Å². The summed E-state index contributed by atoms with van der Waals surface area (Å²) in [6.07, 6.45) is 5.49. The summed E-state index contributed by atoms with van der Waals surface area (Å²) >= 11 is 18.6. The van der Waals surface area contributed by atoms with Crippen LogP contribution in [0.3, 0.4) is 0 Å². The lowest BCUT2D eigenvalue weighted by molar-refractivity contribution is -0.176. The van der Waals surface area contributed by atoms with E-state index < -0.39 is 107 Å². The summed E-state index contributed by atoms with van der Waals surface area (Å²) < 4.78 is 103. The number of nitrogens with zero attached hydrogens (tertiary/aromatic N) is 5. The number of alkyl halides is 3. The van der Waals surface area contributed by atoms with Gasteiger partial charge in [-0.1, -0.05) is 66.2 Å². The molecule has 3 saturated carbocycles. The van der Waals surface area contributed by atoms with Gasteiger partial charge in [-0.2, -0.15) is 17.9 Å². The lowest BCUT2D eigenvalue weighted by Gasteiger charge is -2.32. The second-order valence-electron chi connectivity index (χ2n) is 19.7. The lowest BCUT2D eigenvalue weighted by Crippen LogP contribution is -2.46. The van der Waals surface area contributed by atoms with Gasteiger partial charge in [-0.3, -0.25) is 28.8 Å². The maximum absolute atomic E-state index is 12.9. The van der Waals surface area contributed by atoms with Crippen LogP contribution in [0.1, 0.15) is 122 Å². The van der Waals surface area contributed by atoms with E-state index in [-0.39, 0.29) is 83.2 Å². The van der Waals surface area contributed by atoms with Crippen LogP contribution in [-0.4, -0.2) is 139 Å². The Morgan fingerprint density at radius 3 is 1.62 bits per heavy atom. The Labute approximate surface area is 479 Å². The van der Waals surface area contributed by atoms with Gasteiger partial charge in [0.25, 0.3) is 0 Å². The van der Waals surface area contributed by atoms with Gasteiger partial charge in [0.2, 0.25) is 0 Å². The van der Waals surface area contributed by atoms with Gasteiger partial charge in [0.1, 0.15) is 18.4 Å². The molecule has 1 saturated heterocycles. The maximum atomic E-state index is 12.9. The molecule has 1 aromatic heterocycles. The second kappa shape index (κ2) is 28.2. The number of carbonyl (C=O) groups is 7. The average Bonchev–Trinajstić information content (AvgIpc) is 4.08. The van der Waals surface area contributed by atoms with E-state index in [0.717, 1.165) is 72.5 Å². The largest absolute Gasteiger partial charge is 0.411 e. The highest BCUT2D eigenvalue weighted by Gasteiger charge is 2.40. The normalized spacial score (nSPS) is 17.8. The van der Waals surface area contributed by atoms with Crippen LogP contribution < -0.4 is 5.69 Å². The van der Waals surface area contributed by atoms with Crippen LogP contribution in [0.4, 0.5) is 18.0 Å². The third kappa shape index (κ3) is 16.4. The number of tetrazole rings is 1. The molecule has 28 heteroatoms. The fourth-order valence-corrected chi connectivity index (χ4v) is 12.6. The monoisotopic (exact) mass is 1230 g/mol. The number of rotatable bonds is 16. The molecule has 4 aromatic rings. The van der Waals surface area contributed by atoms with E-state index in [2.05, 4.69) is 15.2 Å². The summed E-state index contributed by atoms with van der Waals surface area (Å²) in [5, 5.41) is 7.40. The summed E-state index contributed by atoms with van der Waals surface area (Å²) in [4.78, 5) is 100. The van der Waals surface area contributed by atoms with E-state index in [0.29, 0.717) is 36.7 Å². The first kappa shape index (κ1) is 64.6. The van der Waals surface area contributed by atoms with Crippen molar-refractivity contribution in [3.8, 4) is 5.69 Å². The molecule has 440 valence electrons. The van der Waals surface area contributed by atoms with Gasteiger partial charge in [0, 0.05) is 79.6 Å². The topological polar surface area (TPSA) is 271 Å². The lowest BCUT2D eigenvalue weighted by atomic mass is 9.81. The van der Waals surface area contributed by atoms with Gasteiger partial charge in [0.05, 0.1) is 56.5 Å². The van der Waals surface area contributed by atoms with Gasteiger partial charge < -0.3 is 19.1 Å². The minimum atomic E-state index is -4.65. The van der Waals surface area contributed by atoms with Gasteiger partial charge in [-0.15, -0.1) is 4.68 Å². The zero-order valence-corrected chi connectivity index (χ0v) is 48.2. The van der Waals surface area contributed by atoms with E-state index in [1.165, 1.54) is 18.6 Å². The Morgan fingerprint density at radius 2 is 1.17 bits per heavy atom. The molecule has 8 rings (SSSR count). The van der Waals surface area contributed by atoms with Crippen molar-refractivity contribution in [3.63, 3.8) is 0 Å². The Hall–Kier alpha value is -5.54. The van der Waals surface area contributed by atoms with Crippen LogP contribution in [0, 0.1) is 11.8 Å². The van der Waals surface area contributed by atoms with E-state index in [4.69, 9.17) is 44.3 Å². The fraction of sp³-hybridized carbons (Fsp3) is 0.509. The average molecular weight is 1230 g/mol. The number of hydrogen-bond acceptors (Lipinski definition) is 17. The van der Waals surface area contributed by atoms with Gasteiger partial charge in [0.15, 0.2) is 54.4 Å². The van der Waals surface area contributed by atoms with Crippen molar-refractivity contribution in [2.45, 2.75) is 132 Å². The molecule has 1 atom stereocenters. The summed E-state index contributed by atoms with van der Waals surface area (Å²) in [5.74, 6) is -6.50. The Balaban J connectivity index is 0.000000197.